The SMILES string of the molecule is CC(CCCNC(=O)N1c2ccccc2CC1C)C(=O)O. The fraction of sp³-hybridized carbons (Fsp3) is 0.500. The number of fused-ring (bicyclic) bond motifs is 1. The van der Waals surface area contributed by atoms with Crippen molar-refractivity contribution < 1.29 is 14.7 Å². The third kappa shape index (κ3) is 3.54. The van der Waals surface area contributed by atoms with Crippen molar-refractivity contribution in [2.75, 3.05) is 11.4 Å². The molecule has 2 N–H and O–H groups in total. The number of carboxylic acid groups (broad SMARTS) is 1. The lowest BCUT2D eigenvalue weighted by molar-refractivity contribution is -0.141. The smallest absolute Gasteiger partial charge is 0.322 e. The molecule has 1 aromatic rings. The van der Waals surface area contributed by atoms with Crippen LogP contribution in [0.1, 0.15) is 32.3 Å². The highest BCUT2D eigenvalue weighted by Crippen LogP contribution is 2.31. The fourth-order valence-electron chi connectivity index (χ4n) is 2.69. The number of nitrogens with zero attached hydrogens (tertiary/aromatic N) is 1. The molecule has 5 heteroatoms. The van der Waals surface area contributed by atoms with E-state index in [0.29, 0.717) is 19.4 Å². The Morgan fingerprint density at radius 3 is 2.86 bits per heavy atom. The summed E-state index contributed by atoms with van der Waals surface area (Å²) in [6.45, 7) is 4.22. The molecular formula is C16H22N2O3. The van der Waals surface area contributed by atoms with Gasteiger partial charge in [-0.1, -0.05) is 25.1 Å². The number of carboxylic acids is 1. The summed E-state index contributed by atoms with van der Waals surface area (Å²) in [6, 6.07) is 7.99. The molecule has 1 heterocycles. The number of rotatable bonds is 5. The number of carbonyl (C=O) groups is 2. The molecule has 0 radical (unpaired) electrons. The summed E-state index contributed by atoms with van der Waals surface area (Å²) in [5.41, 5.74) is 2.17. The lowest BCUT2D eigenvalue weighted by atomic mass is 10.1. The van der Waals surface area contributed by atoms with Crippen molar-refractivity contribution in [3.8, 4) is 0 Å². The van der Waals surface area contributed by atoms with Crippen LogP contribution in [0.15, 0.2) is 24.3 Å². The van der Waals surface area contributed by atoms with Crippen molar-refractivity contribution in [1.29, 1.82) is 0 Å². The Morgan fingerprint density at radius 2 is 2.14 bits per heavy atom. The standard InChI is InChI=1S/C16H22N2O3/c1-11(15(19)20)6-5-9-17-16(21)18-12(2)10-13-7-3-4-8-14(13)18/h3-4,7-8,11-12H,5-6,9-10H2,1-2H3,(H,17,21)(H,19,20). The Bertz CT molecular complexity index is 530. The molecule has 2 amide bonds. The molecule has 0 bridgehead atoms. The minimum Gasteiger partial charge on any atom is -0.481 e. The van der Waals surface area contributed by atoms with Crippen LogP contribution in [0.4, 0.5) is 10.5 Å². The van der Waals surface area contributed by atoms with Gasteiger partial charge in [-0.15, -0.1) is 0 Å². The summed E-state index contributed by atoms with van der Waals surface area (Å²) in [5, 5.41) is 11.7. The van der Waals surface area contributed by atoms with Gasteiger partial charge in [-0.2, -0.15) is 0 Å². The molecule has 21 heavy (non-hydrogen) atoms. The quantitative estimate of drug-likeness (QED) is 0.819. The summed E-state index contributed by atoms with van der Waals surface area (Å²) in [7, 11) is 0. The van der Waals surface area contributed by atoms with Gasteiger partial charge in [0, 0.05) is 18.3 Å². The Hall–Kier alpha value is -2.04. The van der Waals surface area contributed by atoms with Gasteiger partial charge in [0.2, 0.25) is 0 Å². The van der Waals surface area contributed by atoms with E-state index in [2.05, 4.69) is 5.32 Å². The molecule has 1 aliphatic heterocycles. The Balaban J connectivity index is 1.85. The van der Waals surface area contributed by atoms with Crippen LogP contribution in [-0.2, 0) is 11.2 Å². The van der Waals surface area contributed by atoms with Crippen molar-refractivity contribution >= 4 is 17.7 Å². The average molecular weight is 290 g/mol. The normalized spacial score (nSPS) is 18.2. The number of amides is 2. The highest BCUT2D eigenvalue weighted by molar-refractivity contribution is 5.94. The molecule has 0 fully saturated rings. The Kier molecular flexibility index (Phi) is 4.83. The summed E-state index contributed by atoms with van der Waals surface area (Å²) < 4.78 is 0. The van der Waals surface area contributed by atoms with Gasteiger partial charge in [0.05, 0.1) is 5.92 Å². The van der Waals surface area contributed by atoms with Crippen molar-refractivity contribution in [2.24, 2.45) is 5.92 Å². The van der Waals surface area contributed by atoms with Gasteiger partial charge in [-0.3, -0.25) is 9.69 Å². The number of hydrogen-bond donors (Lipinski definition) is 2. The molecule has 114 valence electrons. The number of urea groups is 1. The maximum absolute atomic E-state index is 12.3. The molecule has 5 nitrogen and oxygen atoms in total. The molecular weight excluding hydrogens is 268 g/mol. The lowest BCUT2D eigenvalue weighted by Gasteiger charge is -2.23. The van der Waals surface area contributed by atoms with E-state index in [1.54, 1.807) is 11.8 Å². The molecule has 1 aromatic carbocycles. The topological polar surface area (TPSA) is 69.6 Å². The van der Waals surface area contributed by atoms with Crippen LogP contribution in [0.5, 0.6) is 0 Å². The average Bonchev–Trinajstić information content (AvgIpc) is 2.78. The van der Waals surface area contributed by atoms with Gasteiger partial charge >= 0.3 is 12.0 Å². The van der Waals surface area contributed by atoms with Gasteiger partial charge < -0.3 is 10.4 Å². The van der Waals surface area contributed by atoms with E-state index >= 15 is 0 Å². The first-order valence-electron chi connectivity index (χ1n) is 7.38. The van der Waals surface area contributed by atoms with E-state index in [1.807, 2.05) is 31.2 Å². The van der Waals surface area contributed by atoms with E-state index in [9.17, 15) is 9.59 Å². The van der Waals surface area contributed by atoms with Crippen LogP contribution in [0, 0.1) is 5.92 Å². The van der Waals surface area contributed by atoms with Crippen molar-refractivity contribution in [2.45, 2.75) is 39.2 Å². The first-order chi connectivity index (χ1) is 10.0. The van der Waals surface area contributed by atoms with E-state index in [-0.39, 0.29) is 18.0 Å². The molecule has 1 aliphatic rings. The predicted molar refractivity (Wildman–Crippen MR) is 81.5 cm³/mol. The van der Waals surface area contributed by atoms with Gasteiger partial charge in [-0.05, 0) is 37.8 Å². The van der Waals surface area contributed by atoms with E-state index in [4.69, 9.17) is 5.11 Å². The molecule has 2 rings (SSSR count). The Labute approximate surface area is 125 Å². The maximum Gasteiger partial charge on any atom is 0.322 e. The number of aliphatic carboxylic acids is 1. The second-order valence-electron chi connectivity index (χ2n) is 5.67. The van der Waals surface area contributed by atoms with Crippen molar-refractivity contribution in [3.63, 3.8) is 0 Å². The number of para-hydroxylation sites is 1. The number of hydrogen-bond acceptors (Lipinski definition) is 2. The zero-order valence-corrected chi connectivity index (χ0v) is 12.5. The molecule has 0 spiro atoms. The minimum absolute atomic E-state index is 0.101. The summed E-state index contributed by atoms with van der Waals surface area (Å²) in [5.74, 6) is -1.16. The molecule has 2 unspecified atom stereocenters. The highest BCUT2D eigenvalue weighted by Gasteiger charge is 2.30. The minimum atomic E-state index is -0.789. The highest BCUT2D eigenvalue weighted by atomic mass is 16.4. The first kappa shape index (κ1) is 15.4. The van der Waals surface area contributed by atoms with Crippen LogP contribution >= 0.6 is 0 Å². The summed E-state index contributed by atoms with van der Waals surface area (Å²) in [4.78, 5) is 24.8. The fourth-order valence-corrected chi connectivity index (χ4v) is 2.69. The largest absolute Gasteiger partial charge is 0.481 e. The maximum atomic E-state index is 12.3. The number of anilines is 1. The number of carbonyl (C=O) groups excluding carboxylic acids is 1. The molecule has 2 atom stereocenters. The van der Waals surface area contributed by atoms with Crippen LogP contribution in [-0.4, -0.2) is 29.7 Å². The monoisotopic (exact) mass is 290 g/mol. The first-order valence-corrected chi connectivity index (χ1v) is 7.38. The van der Waals surface area contributed by atoms with Crippen LogP contribution < -0.4 is 10.2 Å². The third-order valence-electron chi connectivity index (χ3n) is 3.94. The molecule has 0 saturated carbocycles. The predicted octanol–water partition coefficient (Wildman–Crippen LogP) is 2.65. The summed E-state index contributed by atoms with van der Waals surface area (Å²) in [6.07, 6.45) is 2.12. The van der Waals surface area contributed by atoms with Crippen LogP contribution in [0.25, 0.3) is 0 Å². The van der Waals surface area contributed by atoms with Gasteiger partial charge in [-0.25, -0.2) is 4.79 Å². The molecule has 0 aliphatic carbocycles. The third-order valence-corrected chi connectivity index (χ3v) is 3.94. The molecule has 0 saturated heterocycles. The van der Waals surface area contributed by atoms with Crippen molar-refractivity contribution in [3.05, 3.63) is 29.8 Å². The van der Waals surface area contributed by atoms with Gasteiger partial charge in [0.25, 0.3) is 0 Å². The number of benzene rings is 1. The second-order valence-corrected chi connectivity index (χ2v) is 5.67. The zero-order chi connectivity index (χ0) is 15.4. The van der Waals surface area contributed by atoms with Gasteiger partial charge in [0.15, 0.2) is 0 Å². The van der Waals surface area contributed by atoms with Crippen LogP contribution in [0.2, 0.25) is 0 Å². The van der Waals surface area contributed by atoms with Gasteiger partial charge in [0.1, 0.15) is 0 Å². The molecule has 0 aromatic heterocycles. The summed E-state index contributed by atoms with van der Waals surface area (Å²) >= 11 is 0. The van der Waals surface area contributed by atoms with E-state index in [1.165, 1.54) is 5.56 Å². The zero-order valence-electron chi connectivity index (χ0n) is 12.5. The van der Waals surface area contributed by atoms with Crippen LogP contribution in [0.3, 0.4) is 0 Å². The van der Waals surface area contributed by atoms with E-state index in [0.717, 1.165) is 12.1 Å². The van der Waals surface area contributed by atoms with E-state index < -0.39 is 5.97 Å². The second kappa shape index (κ2) is 6.61. The Morgan fingerprint density at radius 1 is 1.43 bits per heavy atom. The van der Waals surface area contributed by atoms with Crippen molar-refractivity contribution in [1.82, 2.24) is 5.32 Å². The lowest BCUT2D eigenvalue weighted by Crippen LogP contribution is -2.43. The number of nitrogens with one attached hydrogen (secondary N) is 1.